The van der Waals surface area contributed by atoms with Crippen molar-refractivity contribution in [1.29, 1.82) is 0 Å². The standard InChI is InChI=1S/C17H12ClFN2O3/c1-9(22)20-12-3-4-13(19)14(8-12)21-17(23)16-7-10-6-11(18)2-5-15(10)24-16/h2-8H,1H3,(H,20,22)(H,21,23). The first-order valence-electron chi connectivity index (χ1n) is 7.00. The fourth-order valence-corrected chi connectivity index (χ4v) is 2.39. The van der Waals surface area contributed by atoms with Crippen LogP contribution in [0.5, 0.6) is 0 Å². The molecule has 1 heterocycles. The quantitative estimate of drug-likeness (QED) is 0.736. The van der Waals surface area contributed by atoms with E-state index in [4.69, 9.17) is 16.0 Å². The van der Waals surface area contributed by atoms with E-state index in [1.807, 2.05) is 0 Å². The molecular formula is C17H12ClFN2O3. The highest BCUT2D eigenvalue weighted by molar-refractivity contribution is 6.31. The van der Waals surface area contributed by atoms with Gasteiger partial charge in [-0.2, -0.15) is 0 Å². The van der Waals surface area contributed by atoms with Gasteiger partial charge in [-0.3, -0.25) is 9.59 Å². The third-order valence-electron chi connectivity index (χ3n) is 3.24. The molecule has 1 aromatic heterocycles. The first kappa shape index (κ1) is 16.0. The number of hydrogen-bond acceptors (Lipinski definition) is 3. The molecule has 7 heteroatoms. The van der Waals surface area contributed by atoms with Gasteiger partial charge in [0.1, 0.15) is 11.4 Å². The summed E-state index contributed by atoms with van der Waals surface area (Å²) in [5, 5.41) is 6.13. The molecule has 0 atom stereocenters. The lowest BCUT2D eigenvalue weighted by Crippen LogP contribution is -2.13. The zero-order valence-corrected chi connectivity index (χ0v) is 13.3. The van der Waals surface area contributed by atoms with Gasteiger partial charge in [-0.25, -0.2) is 4.39 Å². The van der Waals surface area contributed by atoms with Gasteiger partial charge in [0.2, 0.25) is 5.91 Å². The van der Waals surface area contributed by atoms with Crippen molar-refractivity contribution < 1.29 is 18.4 Å². The maximum absolute atomic E-state index is 13.9. The number of carbonyl (C=O) groups is 2. The Hall–Kier alpha value is -2.86. The summed E-state index contributed by atoms with van der Waals surface area (Å²) in [6, 6.07) is 10.3. The van der Waals surface area contributed by atoms with Gasteiger partial charge < -0.3 is 15.1 Å². The van der Waals surface area contributed by atoms with Crippen LogP contribution in [0.1, 0.15) is 17.5 Å². The van der Waals surface area contributed by atoms with E-state index in [2.05, 4.69) is 10.6 Å². The van der Waals surface area contributed by atoms with Crippen LogP contribution in [0, 0.1) is 5.82 Å². The third kappa shape index (κ3) is 3.38. The molecule has 122 valence electrons. The molecule has 0 saturated heterocycles. The van der Waals surface area contributed by atoms with E-state index in [9.17, 15) is 14.0 Å². The number of halogens is 2. The second-order valence-electron chi connectivity index (χ2n) is 5.12. The number of amides is 2. The molecule has 0 radical (unpaired) electrons. The predicted molar refractivity (Wildman–Crippen MR) is 89.9 cm³/mol. The van der Waals surface area contributed by atoms with Crippen LogP contribution in [0.15, 0.2) is 46.9 Å². The second-order valence-corrected chi connectivity index (χ2v) is 5.56. The Labute approximate surface area is 141 Å². The van der Waals surface area contributed by atoms with Crippen LogP contribution in [0.2, 0.25) is 5.02 Å². The minimum atomic E-state index is -0.628. The Morgan fingerprint density at radius 3 is 2.62 bits per heavy atom. The second kappa shape index (κ2) is 6.33. The van der Waals surface area contributed by atoms with Crippen LogP contribution in [0.4, 0.5) is 15.8 Å². The SMILES string of the molecule is CC(=O)Nc1ccc(F)c(NC(=O)c2cc3cc(Cl)ccc3o2)c1. The molecule has 0 bridgehead atoms. The maximum atomic E-state index is 13.9. The summed E-state index contributed by atoms with van der Waals surface area (Å²) < 4.78 is 19.3. The summed E-state index contributed by atoms with van der Waals surface area (Å²) in [6.45, 7) is 1.33. The molecule has 0 saturated carbocycles. The van der Waals surface area contributed by atoms with Crippen molar-refractivity contribution in [2.75, 3.05) is 10.6 Å². The van der Waals surface area contributed by atoms with Crippen molar-refractivity contribution >= 4 is 45.8 Å². The molecule has 2 amide bonds. The van der Waals surface area contributed by atoms with Gasteiger partial charge in [-0.1, -0.05) is 11.6 Å². The van der Waals surface area contributed by atoms with Crippen molar-refractivity contribution in [3.05, 3.63) is 59.1 Å². The molecule has 0 aliphatic heterocycles. The van der Waals surface area contributed by atoms with E-state index < -0.39 is 11.7 Å². The van der Waals surface area contributed by atoms with E-state index in [1.165, 1.54) is 25.1 Å². The van der Waals surface area contributed by atoms with Crippen LogP contribution in [-0.2, 0) is 4.79 Å². The third-order valence-corrected chi connectivity index (χ3v) is 3.47. The number of anilines is 2. The van der Waals surface area contributed by atoms with Gasteiger partial charge in [0.25, 0.3) is 5.91 Å². The largest absolute Gasteiger partial charge is 0.451 e. The van der Waals surface area contributed by atoms with Crippen LogP contribution >= 0.6 is 11.6 Å². The van der Waals surface area contributed by atoms with Crippen molar-refractivity contribution in [3.8, 4) is 0 Å². The van der Waals surface area contributed by atoms with Gasteiger partial charge in [-0.15, -0.1) is 0 Å². The summed E-state index contributed by atoms with van der Waals surface area (Å²) >= 11 is 5.89. The van der Waals surface area contributed by atoms with Crippen molar-refractivity contribution in [3.63, 3.8) is 0 Å². The first-order valence-corrected chi connectivity index (χ1v) is 7.38. The van der Waals surface area contributed by atoms with Crippen LogP contribution in [0.25, 0.3) is 11.0 Å². The smallest absolute Gasteiger partial charge is 0.291 e. The van der Waals surface area contributed by atoms with E-state index in [1.54, 1.807) is 18.2 Å². The van der Waals surface area contributed by atoms with Crippen LogP contribution in [-0.4, -0.2) is 11.8 Å². The number of benzene rings is 2. The average Bonchev–Trinajstić information content (AvgIpc) is 2.93. The highest BCUT2D eigenvalue weighted by atomic mass is 35.5. The van der Waals surface area contributed by atoms with Gasteiger partial charge >= 0.3 is 0 Å². The van der Waals surface area contributed by atoms with Crippen molar-refractivity contribution in [2.45, 2.75) is 6.92 Å². The zero-order valence-electron chi connectivity index (χ0n) is 12.5. The molecule has 2 N–H and O–H groups in total. The number of carbonyl (C=O) groups excluding carboxylic acids is 2. The van der Waals surface area contributed by atoms with Gasteiger partial charge in [0.15, 0.2) is 5.76 Å². The van der Waals surface area contributed by atoms with Crippen LogP contribution < -0.4 is 10.6 Å². The molecule has 2 aromatic carbocycles. The van der Waals surface area contributed by atoms with E-state index in [0.29, 0.717) is 21.7 Å². The molecular weight excluding hydrogens is 335 g/mol. The monoisotopic (exact) mass is 346 g/mol. The fourth-order valence-electron chi connectivity index (χ4n) is 2.21. The van der Waals surface area contributed by atoms with Gasteiger partial charge in [0.05, 0.1) is 5.69 Å². The van der Waals surface area contributed by atoms with E-state index in [-0.39, 0.29) is 17.4 Å². The van der Waals surface area contributed by atoms with Crippen LogP contribution in [0.3, 0.4) is 0 Å². The number of hydrogen-bond donors (Lipinski definition) is 2. The number of fused-ring (bicyclic) bond motifs is 1. The molecule has 5 nitrogen and oxygen atoms in total. The Morgan fingerprint density at radius 2 is 1.88 bits per heavy atom. The summed E-state index contributed by atoms with van der Waals surface area (Å²) in [5.41, 5.74) is 0.803. The molecule has 0 unspecified atom stereocenters. The summed E-state index contributed by atoms with van der Waals surface area (Å²) in [6.07, 6.45) is 0. The van der Waals surface area contributed by atoms with Crippen molar-refractivity contribution in [1.82, 2.24) is 0 Å². The minimum absolute atomic E-state index is 0.0246. The average molecular weight is 347 g/mol. The molecule has 0 fully saturated rings. The van der Waals surface area contributed by atoms with Gasteiger partial charge in [0, 0.05) is 23.0 Å². The molecule has 0 aliphatic carbocycles. The molecule has 0 aliphatic rings. The Kier molecular flexibility index (Phi) is 4.22. The molecule has 3 aromatic rings. The highest BCUT2D eigenvalue weighted by Crippen LogP contribution is 2.25. The lowest BCUT2D eigenvalue weighted by molar-refractivity contribution is -0.114. The topological polar surface area (TPSA) is 71.3 Å². The lowest BCUT2D eigenvalue weighted by Gasteiger charge is -2.08. The lowest BCUT2D eigenvalue weighted by atomic mass is 10.2. The molecule has 3 rings (SSSR count). The number of rotatable bonds is 3. The number of furan rings is 1. The highest BCUT2D eigenvalue weighted by Gasteiger charge is 2.15. The maximum Gasteiger partial charge on any atom is 0.291 e. The number of nitrogens with one attached hydrogen (secondary N) is 2. The Morgan fingerprint density at radius 1 is 1.08 bits per heavy atom. The Balaban J connectivity index is 1.86. The van der Waals surface area contributed by atoms with Crippen molar-refractivity contribution in [2.24, 2.45) is 0 Å². The van der Waals surface area contributed by atoms with E-state index in [0.717, 1.165) is 6.07 Å². The zero-order chi connectivity index (χ0) is 17.3. The predicted octanol–water partition coefficient (Wildman–Crippen LogP) is 4.44. The fraction of sp³-hybridized carbons (Fsp3) is 0.0588. The molecule has 24 heavy (non-hydrogen) atoms. The van der Waals surface area contributed by atoms with E-state index >= 15 is 0 Å². The molecule has 0 spiro atoms. The summed E-state index contributed by atoms with van der Waals surface area (Å²) in [5.74, 6) is -1.51. The minimum Gasteiger partial charge on any atom is -0.451 e. The van der Waals surface area contributed by atoms with Gasteiger partial charge in [-0.05, 0) is 42.5 Å². The first-order chi connectivity index (χ1) is 11.4. The summed E-state index contributed by atoms with van der Waals surface area (Å²) in [7, 11) is 0. The normalized spacial score (nSPS) is 10.6. The summed E-state index contributed by atoms with van der Waals surface area (Å²) in [4.78, 5) is 23.3. The Bertz CT molecular complexity index is 952.